The summed E-state index contributed by atoms with van der Waals surface area (Å²) in [4.78, 5) is 23.7. The molecule has 0 saturated carbocycles. The Bertz CT molecular complexity index is 1240. The largest absolute Gasteiger partial charge is 0.375 e. The first kappa shape index (κ1) is 18.5. The van der Waals surface area contributed by atoms with E-state index >= 15 is 0 Å². The van der Waals surface area contributed by atoms with Crippen molar-refractivity contribution in [1.29, 1.82) is 0 Å². The van der Waals surface area contributed by atoms with Crippen molar-refractivity contribution in [2.24, 2.45) is 0 Å². The molecule has 2 N–H and O–H groups in total. The average Bonchev–Trinajstić information content (AvgIpc) is 3.33. The maximum absolute atomic E-state index is 12.3. The van der Waals surface area contributed by atoms with Gasteiger partial charge >= 0.3 is 0 Å². The highest BCUT2D eigenvalue weighted by atomic mass is 32.1. The third-order valence-corrected chi connectivity index (χ3v) is 6.16. The number of carbonyl (C=O) groups excluding carboxylic acids is 1. The van der Waals surface area contributed by atoms with Crippen molar-refractivity contribution >= 4 is 22.4 Å². The van der Waals surface area contributed by atoms with Crippen LogP contribution in [0.3, 0.4) is 0 Å². The lowest BCUT2D eigenvalue weighted by Gasteiger charge is -2.15. The predicted octanol–water partition coefficient (Wildman–Crippen LogP) is 3.44. The first-order valence-electron chi connectivity index (χ1n) is 9.63. The van der Waals surface area contributed by atoms with Gasteiger partial charge in [0.1, 0.15) is 0 Å². The number of rotatable bonds is 3. The second-order valence-electron chi connectivity index (χ2n) is 7.40. The Morgan fingerprint density at radius 3 is 2.67 bits per heavy atom. The predicted molar refractivity (Wildman–Crippen MR) is 118 cm³/mol. The van der Waals surface area contributed by atoms with Crippen LogP contribution in [0, 0.1) is 0 Å². The summed E-state index contributed by atoms with van der Waals surface area (Å²) in [5, 5.41) is 5.53. The van der Waals surface area contributed by atoms with Gasteiger partial charge < -0.3 is 10.6 Å². The highest BCUT2D eigenvalue weighted by molar-refractivity contribution is 7.18. The molecule has 0 radical (unpaired) electrons. The van der Waals surface area contributed by atoms with Crippen molar-refractivity contribution in [1.82, 2.24) is 24.6 Å². The summed E-state index contributed by atoms with van der Waals surface area (Å²) in [5.74, 6) is -0.0300. The summed E-state index contributed by atoms with van der Waals surface area (Å²) in [5.41, 5.74) is 12.7. The number of hydrogen-bond acceptors (Lipinski definition) is 6. The Morgan fingerprint density at radius 1 is 1.17 bits per heavy atom. The number of hydrogen-bond donors (Lipinski definition) is 1. The number of fused-ring (bicyclic) bond motifs is 3. The number of amides is 1. The molecule has 1 aliphatic carbocycles. The van der Waals surface area contributed by atoms with E-state index in [1.807, 2.05) is 47.3 Å². The summed E-state index contributed by atoms with van der Waals surface area (Å²) in [6, 6.07) is 11.5. The fourth-order valence-corrected chi connectivity index (χ4v) is 4.75. The van der Waals surface area contributed by atoms with E-state index < -0.39 is 0 Å². The number of benzene rings is 1. The zero-order valence-corrected chi connectivity index (χ0v) is 17.5. The summed E-state index contributed by atoms with van der Waals surface area (Å²) in [7, 11) is 3.49. The zero-order valence-electron chi connectivity index (χ0n) is 16.7. The van der Waals surface area contributed by atoms with Crippen molar-refractivity contribution in [2.45, 2.75) is 12.8 Å². The lowest BCUT2D eigenvalue weighted by molar-refractivity contribution is 0.0827. The van der Waals surface area contributed by atoms with Crippen LogP contribution in [0.25, 0.3) is 27.5 Å². The molecule has 3 heterocycles. The normalized spacial score (nSPS) is 12.3. The standard InChI is InChI=1S/C22H20N6OS/c1-27(2)21(29)13-5-7-15(8-6-13)28-19-16(9-10-17-20(19)30-22(23)25-17)18(26-28)14-4-3-11-24-12-14/h3-8,11-12H,9-10H2,1-2H3,(H2,23,25). The third-order valence-electron chi connectivity index (χ3n) is 5.22. The van der Waals surface area contributed by atoms with Gasteiger partial charge in [-0.1, -0.05) is 11.3 Å². The van der Waals surface area contributed by atoms with E-state index in [1.54, 1.807) is 25.2 Å². The molecule has 30 heavy (non-hydrogen) atoms. The van der Waals surface area contributed by atoms with E-state index in [9.17, 15) is 4.79 Å². The first-order chi connectivity index (χ1) is 14.5. The minimum atomic E-state index is -0.0300. The number of anilines is 1. The van der Waals surface area contributed by atoms with Crippen molar-refractivity contribution in [3.8, 4) is 27.5 Å². The van der Waals surface area contributed by atoms with Crippen molar-refractivity contribution in [3.05, 3.63) is 65.6 Å². The molecule has 0 fully saturated rings. The molecule has 0 bridgehead atoms. The smallest absolute Gasteiger partial charge is 0.253 e. The van der Waals surface area contributed by atoms with E-state index in [2.05, 4.69) is 9.97 Å². The van der Waals surface area contributed by atoms with Crippen LogP contribution in [0.4, 0.5) is 5.13 Å². The maximum Gasteiger partial charge on any atom is 0.253 e. The molecule has 4 aromatic rings. The quantitative estimate of drug-likeness (QED) is 0.553. The van der Waals surface area contributed by atoms with Gasteiger partial charge in [-0.25, -0.2) is 9.67 Å². The van der Waals surface area contributed by atoms with Gasteiger partial charge in [-0.15, -0.1) is 0 Å². The molecule has 7 nitrogen and oxygen atoms in total. The molecule has 0 saturated heterocycles. The molecule has 1 aromatic carbocycles. The SMILES string of the molecule is CN(C)C(=O)c1ccc(-n2nc(-c3cccnc3)c3c2-c2sc(N)nc2CC3)cc1. The summed E-state index contributed by atoms with van der Waals surface area (Å²) < 4.78 is 1.94. The van der Waals surface area contributed by atoms with Crippen LogP contribution in [0.5, 0.6) is 0 Å². The molecule has 1 aliphatic rings. The Kier molecular flexibility index (Phi) is 4.36. The van der Waals surface area contributed by atoms with Gasteiger partial charge in [0.2, 0.25) is 0 Å². The van der Waals surface area contributed by atoms with Crippen LogP contribution in [0.1, 0.15) is 21.6 Å². The lowest BCUT2D eigenvalue weighted by Crippen LogP contribution is -2.21. The van der Waals surface area contributed by atoms with Crippen LogP contribution in [0.2, 0.25) is 0 Å². The van der Waals surface area contributed by atoms with Gasteiger partial charge in [-0.3, -0.25) is 9.78 Å². The van der Waals surface area contributed by atoms with Gasteiger partial charge in [0.25, 0.3) is 5.91 Å². The number of aromatic nitrogens is 4. The number of pyridine rings is 1. The van der Waals surface area contributed by atoms with Crippen LogP contribution >= 0.6 is 11.3 Å². The molecule has 0 unspecified atom stereocenters. The Hall–Kier alpha value is -3.52. The number of nitrogen functional groups attached to an aromatic ring is 1. The first-order valence-corrected chi connectivity index (χ1v) is 10.4. The van der Waals surface area contributed by atoms with Crippen LogP contribution < -0.4 is 5.73 Å². The molecule has 1 amide bonds. The summed E-state index contributed by atoms with van der Waals surface area (Å²) in [6.45, 7) is 0. The molecule has 3 aromatic heterocycles. The Morgan fingerprint density at radius 2 is 1.97 bits per heavy atom. The topological polar surface area (TPSA) is 89.9 Å². The van der Waals surface area contributed by atoms with Crippen molar-refractivity contribution in [2.75, 3.05) is 19.8 Å². The molecular weight excluding hydrogens is 396 g/mol. The van der Waals surface area contributed by atoms with Gasteiger partial charge in [-0.05, 0) is 49.2 Å². The van der Waals surface area contributed by atoms with E-state index in [-0.39, 0.29) is 5.91 Å². The molecule has 5 rings (SSSR count). The van der Waals surface area contributed by atoms with Crippen LogP contribution in [-0.2, 0) is 12.8 Å². The second kappa shape index (κ2) is 7.07. The minimum absolute atomic E-state index is 0.0300. The fraction of sp³-hybridized carbons (Fsp3) is 0.182. The van der Waals surface area contributed by atoms with Gasteiger partial charge in [0.15, 0.2) is 5.13 Å². The fourth-order valence-electron chi connectivity index (χ4n) is 3.81. The van der Waals surface area contributed by atoms with E-state index in [0.29, 0.717) is 10.7 Å². The minimum Gasteiger partial charge on any atom is -0.375 e. The number of nitrogens with zero attached hydrogens (tertiary/aromatic N) is 5. The molecule has 0 aliphatic heterocycles. The third kappa shape index (κ3) is 2.96. The molecule has 0 spiro atoms. The van der Waals surface area contributed by atoms with Gasteiger partial charge in [0, 0.05) is 43.2 Å². The Labute approximate surface area is 177 Å². The van der Waals surface area contributed by atoms with Crippen LogP contribution in [-0.4, -0.2) is 44.7 Å². The van der Waals surface area contributed by atoms with E-state index in [4.69, 9.17) is 10.8 Å². The zero-order chi connectivity index (χ0) is 20.8. The molecule has 150 valence electrons. The van der Waals surface area contributed by atoms with Crippen LogP contribution in [0.15, 0.2) is 48.8 Å². The molecule has 0 atom stereocenters. The van der Waals surface area contributed by atoms with E-state index in [0.717, 1.165) is 46.1 Å². The number of nitrogens with two attached hydrogens (primary N) is 1. The molecule has 8 heteroatoms. The summed E-state index contributed by atoms with van der Waals surface area (Å²) >= 11 is 1.49. The average molecular weight is 417 g/mol. The highest BCUT2D eigenvalue weighted by Gasteiger charge is 2.29. The maximum atomic E-state index is 12.3. The number of aryl methyl sites for hydroxylation is 1. The number of carbonyl (C=O) groups is 1. The second-order valence-corrected chi connectivity index (χ2v) is 8.43. The number of thiazole rings is 1. The van der Waals surface area contributed by atoms with Crippen molar-refractivity contribution in [3.63, 3.8) is 0 Å². The van der Waals surface area contributed by atoms with Crippen molar-refractivity contribution < 1.29 is 4.79 Å². The lowest BCUT2D eigenvalue weighted by atomic mass is 9.95. The van der Waals surface area contributed by atoms with Gasteiger partial charge in [0.05, 0.1) is 27.6 Å². The Balaban J connectivity index is 1.69. The highest BCUT2D eigenvalue weighted by Crippen LogP contribution is 2.43. The molecular formula is C22H20N6OS. The van der Waals surface area contributed by atoms with Gasteiger partial charge in [-0.2, -0.15) is 5.10 Å². The van der Waals surface area contributed by atoms with E-state index in [1.165, 1.54) is 16.9 Å². The summed E-state index contributed by atoms with van der Waals surface area (Å²) in [6.07, 6.45) is 5.27. The monoisotopic (exact) mass is 416 g/mol.